The van der Waals surface area contributed by atoms with Crippen LogP contribution in [0.25, 0.3) is 31.4 Å². The lowest BCUT2D eigenvalue weighted by Gasteiger charge is -2.04. The molecule has 0 aliphatic heterocycles. The van der Waals surface area contributed by atoms with Gasteiger partial charge in [-0.15, -0.1) is 11.3 Å². The quantitative estimate of drug-likeness (QED) is 0.564. The summed E-state index contributed by atoms with van der Waals surface area (Å²) in [7, 11) is 0. The Morgan fingerprint density at radius 3 is 2.71 bits per heavy atom. The molecule has 0 saturated heterocycles. The summed E-state index contributed by atoms with van der Waals surface area (Å²) in [6, 6.07) is 13.0. The maximum Gasteiger partial charge on any atom is 0.268 e. The van der Waals surface area contributed by atoms with Crippen LogP contribution in [0.15, 0.2) is 53.6 Å². The van der Waals surface area contributed by atoms with Gasteiger partial charge in [-0.05, 0) is 29.3 Å². The van der Waals surface area contributed by atoms with E-state index in [1.165, 1.54) is 17.7 Å². The standard InChI is InChI=1S/C16H10N2O2S/c19-10-6-4-9(5-7-10)11-2-1-3-12-13(11)14-15(21-12)16(20)18-8-17-14/h1-8,19H,(H,17,18,20). The maximum atomic E-state index is 11.9. The molecule has 2 aromatic carbocycles. The van der Waals surface area contributed by atoms with E-state index in [1.54, 1.807) is 12.1 Å². The number of hydrogen-bond donors (Lipinski definition) is 2. The van der Waals surface area contributed by atoms with Gasteiger partial charge in [0, 0.05) is 10.1 Å². The molecule has 0 fully saturated rings. The number of phenolic OH excluding ortho intramolecular Hbond substituents is 1. The van der Waals surface area contributed by atoms with Crippen LogP contribution >= 0.6 is 11.3 Å². The fraction of sp³-hybridized carbons (Fsp3) is 0. The number of benzene rings is 2. The second kappa shape index (κ2) is 4.43. The number of hydrogen-bond acceptors (Lipinski definition) is 4. The molecule has 2 aromatic heterocycles. The van der Waals surface area contributed by atoms with Crippen LogP contribution in [0.3, 0.4) is 0 Å². The van der Waals surface area contributed by atoms with E-state index in [2.05, 4.69) is 9.97 Å². The van der Waals surface area contributed by atoms with Gasteiger partial charge in [0.2, 0.25) is 0 Å². The van der Waals surface area contributed by atoms with E-state index in [9.17, 15) is 9.90 Å². The van der Waals surface area contributed by atoms with Crippen molar-refractivity contribution in [1.29, 1.82) is 0 Å². The van der Waals surface area contributed by atoms with Gasteiger partial charge in [-0.2, -0.15) is 0 Å². The summed E-state index contributed by atoms with van der Waals surface area (Å²) < 4.78 is 1.67. The number of rotatable bonds is 1. The Labute approximate surface area is 123 Å². The van der Waals surface area contributed by atoms with Crippen LogP contribution in [0.4, 0.5) is 0 Å². The van der Waals surface area contributed by atoms with Crippen LogP contribution in [0.5, 0.6) is 5.75 Å². The number of fused-ring (bicyclic) bond motifs is 3. The van der Waals surface area contributed by atoms with Gasteiger partial charge in [-0.25, -0.2) is 4.98 Å². The SMILES string of the molecule is O=c1[nH]cnc2c1sc1cccc(-c3ccc(O)cc3)c12. The van der Waals surface area contributed by atoms with Crippen molar-refractivity contribution in [2.24, 2.45) is 0 Å². The van der Waals surface area contributed by atoms with Gasteiger partial charge < -0.3 is 10.1 Å². The number of aromatic hydroxyl groups is 1. The Hall–Kier alpha value is -2.66. The smallest absolute Gasteiger partial charge is 0.268 e. The number of aromatic nitrogens is 2. The first-order chi connectivity index (χ1) is 10.2. The molecule has 0 aliphatic rings. The third-order valence-electron chi connectivity index (χ3n) is 3.46. The van der Waals surface area contributed by atoms with Gasteiger partial charge in [0.05, 0.1) is 11.8 Å². The van der Waals surface area contributed by atoms with Crippen LogP contribution in [0.2, 0.25) is 0 Å². The van der Waals surface area contributed by atoms with E-state index in [0.29, 0.717) is 4.70 Å². The topological polar surface area (TPSA) is 66.0 Å². The molecular formula is C16H10N2O2S. The Morgan fingerprint density at radius 2 is 1.90 bits per heavy atom. The Kier molecular flexibility index (Phi) is 2.55. The van der Waals surface area contributed by atoms with Crippen molar-refractivity contribution in [3.05, 3.63) is 59.1 Å². The minimum absolute atomic E-state index is 0.113. The summed E-state index contributed by atoms with van der Waals surface area (Å²) >= 11 is 1.44. The highest BCUT2D eigenvalue weighted by Crippen LogP contribution is 2.37. The molecule has 0 spiro atoms. The molecule has 0 bridgehead atoms. The lowest BCUT2D eigenvalue weighted by atomic mass is 10.0. The Morgan fingerprint density at radius 1 is 1.10 bits per heavy atom. The number of aromatic amines is 1. The van der Waals surface area contributed by atoms with Crippen LogP contribution in [-0.4, -0.2) is 15.1 Å². The zero-order valence-corrected chi connectivity index (χ0v) is 11.6. The molecule has 21 heavy (non-hydrogen) atoms. The highest BCUT2D eigenvalue weighted by Gasteiger charge is 2.13. The minimum atomic E-state index is -0.113. The molecule has 4 nitrogen and oxygen atoms in total. The van der Waals surface area contributed by atoms with Gasteiger partial charge in [0.15, 0.2) is 0 Å². The molecular weight excluding hydrogens is 284 g/mol. The third kappa shape index (κ3) is 1.82. The van der Waals surface area contributed by atoms with Gasteiger partial charge in [-0.3, -0.25) is 4.79 Å². The molecule has 5 heteroatoms. The number of nitrogens with zero attached hydrogens (tertiary/aromatic N) is 1. The molecule has 0 aliphatic carbocycles. The number of phenols is 1. The predicted molar refractivity (Wildman–Crippen MR) is 84.8 cm³/mol. The third-order valence-corrected chi connectivity index (χ3v) is 4.61. The minimum Gasteiger partial charge on any atom is -0.508 e. The summed E-state index contributed by atoms with van der Waals surface area (Å²) in [5.41, 5.74) is 2.61. The average molecular weight is 294 g/mol. The molecule has 0 atom stereocenters. The average Bonchev–Trinajstić information content (AvgIpc) is 2.88. The second-order valence-electron chi connectivity index (χ2n) is 4.74. The van der Waals surface area contributed by atoms with Gasteiger partial charge in [-0.1, -0.05) is 24.3 Å². The fourth-order valence-corrected chi connectivity index (χ4v) is 3.59. The van der Waals surface area contributed by atoms with Crippen molar-refractivity contribution < 1.29 is 5.11 Å². The van der Waals surface area contributed by atoms with Crippen molar-refractivity contribution in [2.75, 3.05) is 0 Å². The molecule has 0 saturated carbocycles. The summed E-state index contributed by atoms with van der Waals surface area (Å²) in [6.45, 7) is 0. The van der Waals surface area contributed by atoms with Crippen molar-refractivity contribution in [2.45, 2.75) is 0 Å². The summed E-state index contributed by atoms with van der Waals surface area (Å²) in [5.74, 6) is 0.232. The monoisotopic (exact) mass is 294 g/mol. The maximum absolute atomic E-state index is 11.9. The van der Waals surface area contributed by atoms with Crippen molar-refractivity contribution >= 4 is 31.6 Å². The molecule has 4 rings (SSSR count). The van der Waals surface area contributed by atoms with Gasteiger partial charge in [0.25, 0.3) is 5.56 Å². The summed E-state index contributed by atoms with van der Waals surface area (Å²) in [6.07, 6.45) is 1.43. The largest absolute Gasteiger partial charge is 0.508 e. The van der Waals surface area contributed by atoms with Crippen molar-refractivity contribution in [3.63, 3.8) is 0 Å². The van der Waals surface area contributed by atoms with E-state index in [1.807, 2.05) is 30.3 Å². The van der Waals surface area contributed by atoms with E-state index >= 15 is 0 Å². The van der Waals surface area contributed by atoms with E-state index < -0.39 is 0 Å². The highest BCUT2D eigenvalue weighted by molar-refractivity contribution is 7.25. The zero-order valence-electron chi connectivity index (χ0n) is 10.8. The summed E-state index contributed by atoms with van der Waals surface area (Å²) in [5, 5.41) is 10.4. The van der Waals surface area contributed by atoms with Crippen LogP contribution in [0.1, 0.15) is 0 Å². The van der Waals surface area contributed by atoms with Crippen molar-refractivity contribution in [3.8, 4) is 16.9 Å². The zero-order chi connectivity index (χ0) is 14.4. The molecule has 2 N–H and O–H groups in total. The lowest BCUT2D eigenvalue weighted by molar-refractivity contribution is 0.475. The first-order valence-corrected chi connectivity index (χ1v) is 7.24. The lowest BCUT2D eigenvalue weighted by Crippen LogP contribution is -2.03. The highest BCUT2D eigenvalue weighted by atomic mass is 32.1. The predicted octanol–water partition coefficient (Wildman–Crippen LogP) is 3.51. The first kappa shape index (κ1) is 12.1. The molecule has 0 unspecified atom stereocenters. The normalized spacial score (nSPS) is 11.2. The van der Waals surface area contributed by atoms with Crippen LogP contribution in [-0.2, 0) is 0 Å². The van der Waals surface area contributed by atoms with E-state index in [4.69, 9.17) is 0 Å². The molecule has 0 radical (unpaired) electrons. The van der Waals surface area contributed by atoms with Crippen LogP contribution < -0.4 is 5.56 Å². The van der Waals surface area contributed by atoms with Crippen molar-refractivity contribution in [1.82, 2.24) is 9.97 Å². The molecule has 0 amide bonds. The number of nitrogens with one attached hydrogen (secondary N) is 1. The molecule has 102 valence electrons. The van der Waals surface area contributed by atoms with Gasteiger partial charge >= 0.3 is 0 Å². The Bertz CT molecular complexity index is 1020. The number of H-pyrrole nitrogens is 1. The Balaban J connectivity index is 2.14. The fourth-order valence-electron chi connectivity index (χ4n) is 2.51. The summed E-state index contributed by atoms with van der Waals surface area (Å²) in [4.78, 5) is 18.9. The van der Waals surface area contributed by atoms with E-state index in [0.717, 1.165) is 26.7 Å². The first-order valence-electron chi connectivity index (χ1n) is 6.42. The second-order valence-corrected chi connectivity index (χ2v) is 5.79. The van der Waals surface area contributed by atoms with Gasteiger partial charge in [0.1, 0.15) is 10.4 Å². The molecule has 2 heterocycles. The van der Waals surface area contributed by atoms with Crippen LogP contribution in [0, 0.1) is 0 Å². The van der Waals surface area contributed by atoms with E-state index in [-0.39, 0.29) is 11.3 Å². The molecule has 4 aromatic rings. The number of thiophene rings is 1.